The molecule has 1 N–H and O–H groups in total. The highest BCUT2D eigenvalue weighted by molar-refractivity contribution is 5.75. The molecule has 27 heavy (non-hydrogen) atoms. The minimum absolute atomic E-state index is 0.237. The zero-order valence-electron chi connectivity index (χ0n) is 13.9. The number of nitrogens with one attached hydrogen (secondary N) is 1. The van der Waals surface area contributed by atoms with Crippen molar-refractivity contribution in [2.45, 2.75) is 6.54 Å². The Kier molecular flexibility index (Phi) is 3.49. The fourth-order valence-electron chi connectivity index (χ4n) is 2.85. The van der Waals surface area contributed by atoms with Crippen LogP contribution in [0.25, 0.3) is 33.9 Å². The Hall–Kier alpha value is -3.88. The molecule has 0 fully saturated rings. The molecular formula is C18H12FN7O. The number of aromatic amines is 1. The van der Waals surface area contributed by atoms with E-state index >= 15 is 0 Å². The van der Waals surface area contributed by atoms with Crippen molar-refractivity contribution in [2.24, 2.45) is 0 Å². The van der Waals surface area contributed by atoms with Gasteiger partial charge in [-0.2, -0.15) is 10.2 Å². The number of aromatic nitrogens is 7. The molecule has 0 unspecified atom stereocenters. The van der Waals surface area contributed by atoms with Crippen LogP contribution in [0.1, 0.15) is 5.56 Å². The second-order valence-electron chi connectivity index (χ2n) is 5.92. The Morgan fingerprint density at radius 3 is 2.89 bits per heavy atom. The fraction of sp³-hybridized carbons (Fsp3) is 0.0556. The van der Waals surface area contributed by atoms with Gasteiger partial charge in [-0.25, -0.2) is 14.4 Å². The molecule has 0 saturated carbocycles. The molecule has 0 atom stereocenters. The lowest BCUT2D eigenvalue weighted by Gasteiger charge is -2.06. The van der Waals surface area contributed by atoms with Gasteiger partial charge in [0.2, 0.25) is 0 Å². The zero-order chi connectivity index (χ0) is 18.2. The van der Waals surface area contributed by atoms with Crippen molar-refractivity contribution < 1.29 is 8.91 Å². The second kappa shape index (κ2) is 6.13. The van der Waals surface area contributed by atoms with Gasteiger partial charge in [0, 0.05) is 17.8 Å². The minimum atomic E-state index is -0.296. The molecule has 5 rings (SSSR count). The highest BCUT2D eigenvalue weighted by atomic mass is 19.1. The first-order valence-corrected chi connectivity index (χ1v) is 8.16. The van der Waals surface area contributed by atoms with Crippen molar-refractivity contribution >= 4 is 11.0 Å². The molecule has 8 nitrogen and oxygen atoms in total. The first kappa shape index (κ1) is 15.4. The second-order valence-corrected chi connectivity index (χ2v) is 5.92. The molecule has 0 saturated heterocycles. The first-order valence-electron chi connectivity index (χ1n) is 8.16. The molecule has 0 aliphatic rings. The molecule has 4 aromatic heterocycles. The van der Waals surface area contributed by atoms with Crippen LogP contribution in [0.3, 0.4) is 0 Å². The Balaban J connectivity index is 1.62. The number of H-pyrrole nitrogens is 1. The van der Waals surface area contributed by atoms with Gasteiger partial charge in [-0.05, 0) is 12.1 Å². The highest BCUT2D eigenvalue weighted by Gasteiger charge is 2.17. The summed E-state index contributed by atoms with van der Waals surface area (Å²) in [7, 11) is 0. The SMILES string of the molecule is Fc1ccccc1Cn1nc(-c2ncc3cn[nH]c3n2)cc1-c1ccon1. The highest BCUT2D eigenvalue weighted by Crippen LogP contribution is 2.25. The third-order valence-electron chi connectivity index (χ3n) is 4.18. The molecule has 0 spiro atoms. The van der Waals surface area contributed by atoms with Crippen molar-refractivity contribution in [1.82, 2.24) is 35.1 Å². The maximum absolute atomic E-state index is 14.1. The molecule has 0 radical (unpaired) electrons. The number of benzene rings is 1. The lowest BCUT2D eigenvalue weighted by Crippen LogP contribution is -2.06. The minimum Gasteiger partial charge on any atom is -0.364 e. The van der Waals surface area contributed by atoms with E-state index in [0.717, 1.165) is 5.39 Å². The van der Waals surface area contributed by atoms with E-state index in [1.807, 2.05) is 0 Å². The maximum Gasteiger partial charge on any atom is 0.182 e. The summed E-state index contributed by atoms with van der Waals surface area (Å²) in [5.41, 5.74) is 2.94. The number of nitrogens with zero attached hydrogens (tertiary/aromatic N) is 6. The summed E-state index contributed by atoms with van der Waals surface area (Å²) in [4.78, 5) is 8.79. The smallest absolute Gasteiger partial charge is 0.182 e. The van der Waals surface area contributed by atoms with Crippen LogP contribution in [0.15, 0.2) is 59.6 Å². The van der Waals surface area contributed by atoms with Crippen LogP contribution < -0.4 is 0 Å². The van der Waals surface area contributed by atoms with Crippen LogP contribution in [0.4, 0.5) is 4.39 Å². The summed E-state index contributed by atoms with van der Waals surface area (Å²) in [5.74, 6) is 0.138. The average molecular weight is 361 g/mol. The largest absolute Gasteiger partial charge is 0.364 e. The molecule has 0 bridgehead atoms. The van der Waals surface area contributed by atoms with E-state index in [1.165, 1.54) is 12.3 Å². The Morgan fingerprint density at radius 2 is 2.04 bits per heavy atom. The van der Waals surface area contributed by atoms with Gasteiger partial charge in [0.05, 0.1) is 23.8 Å². The molecular weight excluding hydrogens is 349 g/mol. The van der Waals surface area contributed by atoms with Crippen molar-refractivity contribution in [3.05, 3.63) is 66.4 Å². The number of halogens is 1. The van der Waals surface area contributed by atoms with E-state index in [-0.39, 0.29) is 12.4 Å². The van der Waals surface area contributed by atoms with Gasteiger partial charge in [-0.1, -0.05) is 23.4 Å². The van der Waals surface area contributed by atoms with Crippen LogP contribution >= 0.6 is 0 Å². The predicted molar refractivity (Wildman–Crippen MR) is 93.9 cm³/mol. The Labute approximate surface area is 151 Å². The topological polar surface area (TPSA) is 98.3 Å². The van der Waals surface area contributed by atoms with Gasteiger partial charge in [0.15, 0.2) is 11.5 Å². The lowest BCUT2D eigenvalue weighted by atomic mass is 10.2. The van der Waals surface area contributed by atoms with Crippen molar-refractivity contribution in [2.75, 3.05) is 0 Å². The summed E-state index contributed by atoms with van der Waals surface area (Å²) in [6, 6.07) is 10.1. The summed E-state index contributed by atoms with van der Waals surface area (Å²) in [5, 5.41) is 16.1. The third-order valence-corrected chi connectivity index (χ3v) is 4.18. The van der Waals surface area contributed by atoms with Crippen molar-refractivity contribution in [3.63, 3.8) is 0 Å². The normalized spacial score (nSPS) is 11.3. The maximum atomic E-state index is 14.1. The monoisotopic (exact) mass is 361 g/mol. The summed E-state index contributed by atoms with van der Waals surface area (Å²) in [6.45, 7) is 0.237. The Morgan fingerprint density at radius 1 is 1.11 bits per heavy atom. The van der Waals surface area contributed by atoms with E-state index in [0.29, 0.717) is 34.1 Å². The van der Waals surface area contributed by atoms with Gasteiger partial charge >= 0.3 is 0 Å². The molecule has 0 aliphatic heterocycles. The first-order chi connectivity index (χ1) is 13.3. The number of hydrogen-bond donors (Lipinski definition) is 1. The fourth-order valence-corrected chi connectivity index (χ4v) is 2.85. The molecule has 132 valence electrons. The summed E-state index contributed by atoms with van der Waals surface area (Å²) >= 11 is 0. The van der Waals surface area contributed by atoms with Crippen molar-refractivity contribution in [3.8, 4) is 22.9 Å². The van der Waals surface area contributed by atoms with Crippen LogP contribution in [0, 0.1) is 5.82 Å². The predicted octanol–water partition coefficient (Wildman–Crippen LogP) is 3.06. The number of fused-ring (bicyclic) bond motifs is 1. The summed E-state index contributed by atoms with van der Waals surface area (Å²) < 4.78 is 20.7. The van der Waals surface area contributed by atoms with E-state index in [2.05, 4.69) is 30.4 Å². The van der Waals surface area contributed by atoms with Crippen molar-refractivity contribution in [1.29, 1.82) is 0 Å². The van der Waals surface area contributed by atoms with E-state index in [9.17, 15) is 4.39 Å². The Bertz CT molecular complexity index is 1230. The van der Waals surface area contributed by atoms with E-state index in [1.54, 1.807) is 47.4 Å². The van der Waals surface area contributed by atoms with Crippen LogP contribution in [-0.2, 0) is 6.54 Å². The number of rotatable bonds is 4. The van der Waals surface area contributed by atoms with Gasteiger partial charge in [-0.3, -0.25) is 9.78 Å². The van der Waals surface area contributed by atoms with Gasteiger partial charge in [0.25, 0.3) is 0 Å². The van der Waals surface area contributed by atoms with Crippen LogP contribution in [0.2, 0.25) is 0 Å². The van der Waals surface area contributed by atoms with Crippen LogP contribution in [-0.4, -0.2) is 35.1 Å². The average Bonchev–Trinajstić information content (AvgIpc) is 3.43. The van der Waals surface area contributed by atoms with E-state index < -0.39 is 0 Å². The van der Waals surface area contributed by atoms with Gasteiger partial charge in [0.1, 0.15) is 23.5 Å². The summed E-state index contributed by atoms with van der Waals surface area (Å²) in [6.07, 6.45) is 4.80. The van der Waals surface area contributed by atoms with Gasteiger partial charge in [-0.15, -0.1) is 0 Å². The molecule has 4 heterocycles. The third kappa shape index (κ3) is 2.74. The zero-order valence-corrected chi connectivity index (χ0v) is 13.9. The lowest BCUT2D eigenvalue weighted by molar-refractivity contribution is 0.421. The van der Waals surface area contributed by atoms with Crippen LogP contribution in [0.5, 0.6) is 0 Å². The standard InChI is InChI=1S/C18H12FN7O/c19-13-4-2-1-3-11(13)10-26-16(14-5-6-27-25-14)7-15(24-26)18-20-8-12-9-21-23-17(12)22-18/h1-9H,10H2,(H,20,21,22,23). The van der Waals surface area contributed by atoms with E-state index in [4.69, 9.17) is 4.52 Å². The quantitative estimate of drug-likeness (QED) is 0.528. The molecule has 0 amide bonds. The molecule has 1 aromatic carbocycles. The molecule has 5 aromatic rings. The van der Waals surface area contributed by atoms with Gasteiger partial charge < -0.3 is 4.52 Å². The molecule has 9 heteroatoms. The molecule has 0 aliphatic carbocycles. The number of hydrogen-bond acceptors (Lipinski definition) is 6.